The van der Waals surface area contributed by atoms with Gasteiger partial charge in [-0.25, -0.2) is 4.39 Å². The molecule has 0 saturated carbocycles. The summed E-state index contributed by atoms with van der Waals surface area (Å²) in [5, 5.41) is 3.70. The number of benzene rings is 2. The van der Waals surface area contributed by atoms with Gasteiger partial charge >= 0.3 is 0 Å². The number of imide groups is 1. The Labute approximate surface area is 220 Å². The molecule has 9 heteroatoms. The lowest BCUT2D eigenvalue weighted by Gasteiger charge is -2.29. The van der Waals surface area contributed by atoms with Crippen LogP contribution in [-0.4, -0.2) is 59.7 Å². The van der Waals surface area contributed by atoms with Gasteiger partial charge in [0.05, 0.1) is 25.5 Å². The summed E-state index contributed by atoms with van der Waals surface area (Å²) in [7, 11) is 0. The summed E-state index contributed by atoms with van der Waals surface area (Å²) in [6.07, 6.45) is -7.44. The van der Waals surface area contributed by atoms with Crippen LogP contribution in [0.5, 0.6) is 0 Å². The largest absolute Gasteiger partial charge is 0.381 e. The Morgan fingerprint density at radius 1 is 1.24 bits per heavy atom. The second kappa shape index (κ2) is 9.52. The van der Waals surface area contributed by atoms with Crippen LogP contribution in [0.1, 0.15) is 63.1 Å². The number of hydrogen-bond donors (Lipinski definition) is 2. The smallest absolute Gasteiger partial charge is 0.255 e. The lowest BCUT2D eigenvalue weighted by Crippen LogP contribution is -2.52. The number of nitrogens with one attached hydrogen (secondary N) is 2. The standard InChI is InChI=1S/C25H27FN4O4/c26-20-12-16(14-29-8-10-34-11-9-29)4-5-17(20)13-27-21-3-1-2-18-19(21)15-30(25(18)33)22-6-7-23(31)28-24(22)32/h1-5,12,22,27H,6-11,13-15H2,(H,28,31,32)/i6D2,7D2,8D2,9D2,10D2,11D2,13D2,15D2,22D. The first kappa shape index (κ1) is 10.1. The topological polar surface area (TPSA) is 91.0 Å². The lowest BCUT2D eigenvalue weighted by molar-refractivity contribution is -0.136. The molecule has 2 fully saturated rings. The first-order valence-corrected chi connectivity index (χ1v) is 9.73. The van der Waals surface area contributed by atoms with Crippen molar-refractivity contribution in [3.63, 3.8) is 0 Å². The number of carbonyl (C=O) groups is 3. The van der Waals surface area contributed by atoms with Gasteiger partial charge in [0.1, 0.15) is 11.8 Å². The van der Waals surface area contributed by atoms with Gasteiger partial charge in [0.2, 0.25) is 11.8 Å². The third-order valence-electron chi connectivity index (χ3n) is 4.85. The van der Waals surface area contributed by atoms with Crippen molar-refractivity contribution in [1.29, 1.82) is 0 Å². The van der Waals surface area contributed by atoms with Crippen molar-refractivity contribution < 1.29 is 46.8 Å². The first-order chi connectivity index (χ1) is 22.8. The fraction of sp³-hybridized carbons (Fsp3) is 0.400. The minimum Gasteiger partial charge on any atom is -0.381 e. The summed E-state index contributed by atoms with van der Waals surface area (Å²) in [5.74, 6) is -6.46. The lowest BCUT2D eigenvalue weighted by atomic mass is 10.0. The molecule has 1 atom stereocenters. The van der Waals surface area contributed by atoms with Gasteiger partial charge in [0, 0.05) is 72.2 Å². The van der Waals surface area contributed by atoms with Crippen LogP contribution >= 0.6 is 0 Å². The number of rotatable bonds is 6. The van der Waals surface area contributed by atoms with Gasteiger partial charge in [-0.2, -0.15) is 0 Å². The van der Waals surface area contributed by atoms with Crippen molar-refractivity contribution in [2.75, 3.05) is 31.4 Å². The maximum Gasteiger partial charge on any atom is 0.255 e. The van der Waals surface area contributed by atoms with Gasteiger partial charge < -0.3 is 15.0 Å². The molecule has 2 aromatic carbocycles. The summed E-state index contributed by atoms with van der Waals surface area (Å²) >= 11 is 0. The van der Waals surface area contributed by atoms with Crippen LogP contribution in [0.3, 0.4) is 0 Å². The highest BCUT2D eigenvalue weighted by atomic mass is 19.1. The predicted octanol–water partition coefficient (Wildman–Crippen LogP) is 2.03. The van der Waals surface area contributed by atoms with Gasteiger partial charge in [-0.05, 0) is 30.1 Å². The monoisotopic (exact) mass is 483 g/mol. The molecule has 0 bridgehead atoms. The number of fused-ring (bicyclic) bond motifs is 1. The van der Waals surface area contributed by atoms with Crippen LogP contribution in [-0.2, 0) is 33.9 Å². The Morgan fingerprint density at radius 2 is 2.06 bits per heavy atom. The van der Waals surface area contributed by atoms with Crippen LogP contribution in [0.2, 0.25) is 0 Å². The number of hydrogen-bond acceptors (Lipinski definition) is 6. The van der Waals surface area contributed by atoms with Crippen molar-refractivity contribution in [3.05, 3.63) is 64.5 Å². The van der Waals surface area contributed by atoms with E-state index in [1.165, 1.54) is 5.32 Å². The molecule has 8 nitrogen and oxygen atoms in total. The second-order valence-corrected chi connectivity index (χ2v) is 7.04. The molecule has 3 aliphatic heterocycles. The molecule has 0 aromatic heterocycles. The van der Waals surface area contributed by atoms with Gasteiger partial charge in [0.25, 0.3) is 5.91 Å². The average molecular weight is 484 g/mol. The van der Waals surface area contributed by atoms with E-state index >= 15 is 4.39 Å². The molecule has 0 radical (unpaired) electrons. The van der Waals surface area contributed by atoms with Gasteiger partial charge in [-0.1, -0.05) is 18.2 Å². The molecule has 2 saturated heterocycles. The van der Waals surface area contributed by atoms with E-state index in [2.05, 4.69) is 10.1 Å². The van der Waals surface area contributed by atoms with Crippen LogP contribution < -0.4 is 10.6 Å². The highest BCUT2D eigenvalue weighted by Crippen LogP contribution is 2.32. The molecule has 34 heavy (non-hydrogen) atoms. The van der Waals surface area contributed by atoms with E-state index in [1.807, 2.05) is 0 Å². The van der Waals surface area contributed by atoms with Crippen molar-refractivity contribution in [2.24, 2.45) is 0 Å². The minimum absolute atomic E-state index is 0.151. The minimum atomic E-state index is -3.83. The molecule has 2 aromatic rings. The molecule has 0 spiro atoms. The Balaban J connectivity index is 1.50. The Kier molecular flexibility index (Phi) is 2.84. The average Bonchev–Trinajstić information content (AvgIpc) is 3.18. The SMILES string of the molecule is [2H]C([2H])(Nc1cccc2c1C([2H])([2H])N(C1([2H])C(=O)NC(=O)C([2H])([2H])C1([2H])[2H])C2=O)c1ccc(CN2C([2H])([2H])C([2H])([2H])OC([2H])([2H])C2([2H])[2H])cc1F. The summed E-state index contributed by atoms with van der Waals surface area (Å²) in [5.41, 5.74) is -2.95. The van der Waals surface area contributed by atoms with Crippen LogP contribution in [0.4, 0.5) is 10.1 Å². The third-order valence-corrected chi connectivity index (χ3v) is 4.85. The first-order valence-electron chi connectivity index (χ1n) is 18.2. The van der Waals surface area contributed by atoms with Crippen molar-refractivity contribution in [3.8, 4) is 0 Å². The fourth-order valence-corrected chi connectivity index (χ4v) is 3.28. The van der Waals surface area contributed by atoms with E-state index in [1.54, 1.807) is 0 Å². The number of amides is 3. The van der Waals surface area contributed by atoms with Crippen molar-refractivity contribution >= 4 is 23.4 Å². The van der Waals surface area contributed by atoms with E-state index in [4.69, 9.17) is 23.3 Å². The number of ether oxygens (including phenoxy) is 1. The van der Waals surface area contributed by atoms with Gasteiger partial charge in [-0.15, -0.1) is 0 Å². The molecular formula is C25H27FN4O4. The van der Waals surface area contributed by atoms with Gasteiger partial charge in [-0.3, -0.25) is 24.6 Å². The number of halogens is 1. The van der Waals surface area contributed by atoms with Crippen molar-refractivity contribution in [1.82, 2.24) is 15.1 Å². The van der Waals surface area contributed by atoms with E-state index in [-0.39, 0.29) is 15.4 Å². The number of carbonyl (C=O) groups excluding carboxylic acids is 3. The van der Waals surface area contributed by atoms with E-state index < -0.39 is 110 Å². The zero-order chi connectivity index (χ0) is 38.9. The number of anilines is 1. The Bertz CT molecular complexity index is 1830. The number of morpholine rings is 1. The highest BCUT2D eigenvalue weighted by molar-refractivity contribution is 6.06. The van der Waals surface area contributed by atoms with E-state index in [0.717, 1.165) is 30.3 Å². The molecular weight excluding hydrogens is 439 g/mol. The molecule has 1 unspecified atom stereocenters. The zero-order valence-electron chi connectivity index (χ0n) is 34.1. The normalized spacial score (nSPS) is 41.3. The highest BCUT2D eigenvalue weighted by Gasteiger charge is 2.39. The van der Waals surface area contributed by atoms with Gasteiger partial charge in [0.15, 0.2) is 0 Å². The summed E-state index contributed by atoms with van der Waals surface area (Å²) < 4.78 is 160. The fourth-order valence-electron chi connectivity index (χ4n) is 3.28. The number of piperidine rings is 1. The summed E-state index contributed by atoms with van der Waals surface area (Å²) in [6, 6.07) is 1.91. The molecule has 178 valence electrons. The summed E-state index contributed by atoms with van der Waals surface area (Å²) in [4.78, 5) is 38.6. The molecule has 3 aliphatic rings. The third kappa shape index (κ3) is 4.53. The molecule has 5 rings (SSSR count). The molecule has 0 aliphatic carbocycles. The molecule has 3 amide bonds. The molecule has 3 heterocycles. The predicted molar refractivity (Wildman–Crippen MR) is 122 cm³/mol. The van der Waals surface area contributed by atoms with Crippen LogP contribution in [0, 0.1) is 5.82 Å². The second-order valence-electron chi connectivity index (χ2n) is 7.04. The number of nitrogens with zero attached hydrogens (tertiary/aromatic N) is 2. The van der Waals surface area contributed by atoms with Crippen LogP contribution in [0.15, 0.2) is 36.4 Å². The molecule has 2 N–H and O–H groups in total. The maximum absolute atomic E-state index is 15.6. The quantitative estimate of drug-likeness (QED) is 0.611. The van der Waals surface area contributed by atoms with E-state index in [9.17, 15) is 14.4 Å². The zero-order valence-corrected chi connectivity index (χ0v) is 17.1. The summed E-state index contributed by atoms with van der Waals surface area (Å²) in [6.45, 7) is -20.6. The van der Waals surface area contributed by atoms with E-state index in [0.29, 0.717) is 6.07 Å². The van der Waals surface area contributed by atoms with Crippen LogP contribution in [0.25, 0.3) is 0 Å². The maximum atomic E-state index is 15.6. The van der Waals surface area contributed by atoms with Crippen molar-refractivity contribution in [2.45, 2.75) is 38.3 Å². The Morgan fingerprint density at radius 3 is 2.85 bits per heavy atom. The Hall–Kier alpha value is -3.30.